The van der Waals surface area contributed by atoms with Crippen molar-refractivity contribution in [3.63, 3.8) is 0 Å². The highest BCUT2D eigenvalue weighted by molar-refractivity contribution is 5.50. The summed E-state index contributed by atoms with van der Waals surface area (Å²) in [7, 11) is 0. The number of rotatable bonds is 4. The molecule has 0 bridgehead atoms. The Balaban J connectivity index is 0.00000102. The van der Waals surface area contributed by atoms with Crippen LogP contribution < -0.4 is 4.74 Å². The number of carboxylic acid groups (broad SMARTS) is 1. The fourth-order valence-electron chi connectivity index (χ4n) is 5.10. The Morgan fingerprint density at radius 3 is 2.49 bits per heavy atom. The number of alkyl halides is 5. The van der Waals surface area contributed by atoms with Gasteiger partial charge in [0.05, 0.1) is 5.56 Å². The lowest BCUT2D eigenvalue weighted by molar-refractivity contribution is -0.138. The van der Waals surface area contributed by atoms with Gasteiger partial charge in [0.15, 0.2) is 0 Å². The number of carbonyl (C=O) groups is 1. The number of halogens is 6. The fraction of sp³-hybridized carbons (Fsp3) is 0.333. The van der Waals surface area contributed by atoms with E-state index in [1.54, 1.807) is 12.3 Å². The average Bonchev–Trinajstić information content (AvgIpc) is 3.32. The van der Waals surface area contributed by atoms with Crippen molar-refractivity contribution < 1.29 is 41.0 Å². The standard InChI is InChI=1S/C26H21F6NO.CH2O2/c1-14-6-15-9-24(33-12-16(15)7-14)34-13-17-8-19-20(11-25(28,29)22(19)10-23(17)27)18-4-2-3-5-21(18)26(30,31)32;2-1-3/h2-5,8-10,12,14,20H,6-7,11,13H2,1H3;1H,(H,2,3). The van der Waals surface area contributed by atoms with E-state index in [-0.39, 0.29) is 35.6 Å². The van der Waals surface area contributed by atoms with Crippen molar-refractivity contribution >= 4 is 6.47 Å². The fourth-order valence-corrected chi connectivity index (χ4v) is 5.10. The molecule has 0 saturated carbocycles. The van der Waals surface area contributed by atoms with Crippen LogP contribution in [0.25, 0.3) is 0 Å². The maximum Gasteiger partial charge on any atom is 0.416 e. The predicted octanol–water partition coefficient (Wildman–Crippen LogP) is 6.88. The lowest BCUT2D eigenvalue weighted by Crippen LogP contribution is -2.13. The first-order chi connectivity index (χ1) is 17.4. The number of aromatic nitrogens is 1. The molecular weight excluding hydrogens is 500 g/mol. The largest absolute Gasteiger partial charge is 0.483 e. The third-order valence-electron chi connectivity index (χ3n) is 6.66. The molecule has 2 aliphatic rings. The van der Waals surface area contributed by atoms with E-state index in [0.717, 1.165) is 36.1 Å². The minimum absolute atomic E-state index is 0.0124. The van der Waals surface area contributed by atoms with E-state index in [2.05, 4.69) is 11.9 Å². The first-order valence-electron chi connectivity index (χ1n) is 11.5. The quantitative estimate of drug-likeness (QED) is 0.299. The van der Waals surface area contributed by atoms with Crippen molar-refractivity contribution in [1.82, 2.24) is 4.98 Å². The number of pyridine rings is 1. The summed E-state index contributed by atoms with van der Waals surface area (Å²) in [6.45, 7) is 1.60. The van der Waals surface area contributed by atoms with E-state index < -0.39 is 41.4 Å². The second kappa shape index (κ2) is 10.1. The molecule has 3 aromatic rings. The number of benzene rings is 2. The zero-order chi connectivity index (χ0) is 27.0. The van der Waals surface area contributed by atoms with Gasteiger partial charge in [0.1, 0.15) is 12.4 Å². The Morgan fingerprint density at radius 1 is 1.11 bits per heavy atom. The summed E-state index contributed by atoms with van der Waals surface area (Å²) in [6.07, 6.45) is -2.02. The van der Waals surface area contributed by atoms with Crippen LogP contribution >= 0.6 is 0 Å². The normalized spacial score (nSPS) is 19.4. The van der Waals surface area contributed by atoms with Crippen LogP contribution in [-0.2, 0) is 36.3 Å². The molecule has 1 N–H and O–H groups in total. The van der Waals surface area contributed by atoms with Gasteiger partial charge in [0.25, 0.3) is 12.4 Å². The first kappa shape index (κ1) is 26.5. The van der Waals surface area contributed by atoms with Crippen molar-refractivity contribution in [3.8, 4) is 5.88 Å². The molecule has 0 saturated heterocycles. The minimum atomic E-state index is -4.70. The third kappa shape index (κ3) is 5.42. The van der Waals surface area contributed by atoms with Gasteiger partial charge in [0, 0.05) is 35.7 Å². The SMILES string of the molecule is CC1Cc2cnc(OCc3cc4c(cc3F)C(F)(F)CC4c3ccccc3C(F)(F)F)cc2C1.O=CO. The summed E-state index contributed by atoms with van der Waals surface area (Å²) in [5.41, 5.74) is 0.412. The summed E-state index contributed by atoms with van der Waals surface area (Å²) in [4.78, 5) is 12.6. The molecule has 2 aliphatic carbocycles. The summed E-state index contributed by atoms with van der Waals surface area (Å²) in [5.74, 6) is -4.77. The molecule has 10 heteroatoms. The number of hydrogen-bond acceptors (Lipinski definition) is 3. The zero-order valence-electron chi connectivity index (χ0n) is 19.7. The van der Waals surface area contributed by atoms with Gasteiger partial charge in [-0.25, -0.2) is 18.2 Å². The van der Waals surface area contributed by atoms with Gasteiger partial charge in [-0.2, -0.15) is 13.2 Å². The first-order valence-corrected chi connectivity index (χ1v) is 11.5. The van der Waals surface area contributed by atoms with Crippen LogP contribution in [0.15, 0.2) is 48.7 Å². The highest BCUT2D eigenvalue weighted by Crippen LogP contribution is 2.53. The number of hydrogen-bond donors (Lipinski definition) is 1. The van der Waals surface area contributed by atoms with Gasteiger partial charge in [-0.3, -0.25) is 4.79 Å². The van der Waals surface area contributed by atoms with Gasteiger partial charge < -0.3 is 9.84 Å². The summed E-state index contributed by atoms with van der Waals surface area (Å²) >= 11 is 0. The van der Waals surface area contributed by atoms with E-state index in [1.807, 2.05) is 0 Å². The van der Waals surface area contributed by atoms with Crippen LogP contribution in [0.3, 0.4) is 0 Å². The van der Waals surface area contributed by atoms with Gasteiger partial charge in [-0.1, -0.05) is 25.1 Å². The molecule has 0 radical (unpaired) electrons. The van der Waals surface area contributed by atoms with Crippen LogP contribution in [0.4, 0.5) is 26.3 Å². The second-order valence-electron chi connectivity index (χ2n) is 9.28. The average molecular weight is 523 g/mol. The molecule has 2 aromatic carbocycles. The van der Waals surface area contributed by atoms with E-state index in [1.165, 1.54) is 24.3 Å². The van der Waals surface area contributed by atoms with Crippen LogP contribution in [-0.4, -0.2) is 16.6 Å². The monoisotopic (exact) mass is 523 g/mol. The van der Waals surface area contributed by atoms with Crippen LogP contribution in [0.1, 0.15) is 58.2 Å². The molecule has 196 valence electrons. The molecule has 2 atom stereocenters. The lowest BCUT2D eigenvalue weighted by Gasteiger charge is -2.19. The maximum absolute atomic E-state index is 14.7. The smallest absolute Gasteiger partial charge is 0.416 e. The molecule has 37 heavy (non-hydrogen) atoms. The van der Waals surface area contributed by atoms with Crippen molar-refractivity contribution in [2.45, 2.75) is 50.8 Å². The van der Waals surface area contributed by atoms with Crippen molar-refractivity contribution in [2.75, 3.05) is 0 Å². The van der Waals surface area contributed by atoms with E-state index in [0.29, 0.717) is 5.92 Å². The Hall–Kier alpha value is -3.56. The highest BCUT2D eigenvalue weighted by Gasteiger charge is 2.48. The van der Waals surface area contributed by atoms with E-state index in [9.17, 15) is 26.3 Å². The molecule has 2 unspecified atom stereocenters. The molecule has 5 rings (SSSR count). The second-order valence-corrected chi connectivity index (χ2v) is 9.28. The Kier molecular flexibility index (Phi) is 7.21. The molecule has 1 heterocycles. The predicted molar refractivity (Wildman–Crippen MR) is 122 cm³/mol. The number of fused-ring (bicyclic) bond motifs is 2. The topological polar surface area (TPSA) is 59.4 Å². The Labute approximate surface area is 208 Å². The Bertz CT molecular complexity index is 1310. The van der Waals surface area contributed by atoms with Gasteiger partial charge >= 0.3 is 6.18 Å². The molecule has 4 nitrogen and oxygen atoms in total. The molecule has 0 spiro atoms. The zero-order valence-corrected chi connectivity index (χ0v) is 19.7. The minimum Gasteiger partial charge on any atom is -0.483 e. The molecule has 1 aromatic heterocycles. The van der Waals surface area contributed by atoms with Crippen molar-refractivity contribution in [3.05, 3.63) is 93.4 Å². The van der Waals surface area contributed by atoms with E-state index >= 15 is 0 Å². The van der Waals surface area contributed by atoms with Gasteiger partial charge in [-0.05, 0) is 59.2 Å². The van der Waals surface area contributed by atoms with Crippen LogP contribution in [0, 0.1) is 11.7 Å². The number of ether oxygens (including phenoxy) is 1. The van der Waals surface area contributed by atoms with Crippen molar-refractivity contribution in [2.24, 2.45) is 5.92 Å². The summed E-state index contributed by atoms with van der Waals surface area (Å²) < 4.78 is 90.6. The van der Waals surface area contributed by atoms with Gasteiger partial charge in [-0.15, -0.1) is 0 Å². The van der Waals surface area contributed by atoms with Gasteiger partial charge in [0.2, 0.25) is 5.88 Å². The van der Waals surface area contributed by atoms with Crippen molar-refractivity contribution in [1.29, 1.82) is 0 Å². The number of nitrogens with zero attached hydrogens (tertiary/aromatic N) is 1. The van der Waals surface area contributed by atoms with Crippen LogP contribution in [0.2, 0.25) is 0 Å². The third-order valence-corrected chi connectivity index (χ3v) is 6.66. The molecular formula is C27H23F6NO3. The highest BCUT2D eigenvalue weighted by atomic mass is 19.4. The Morgan fingerprint density at radius 2 is 1.78 bits per heavy atom. The molecule has 0 amide bonds. The lowest BCUT2D eigenvalue weighted by atomic mass is 9.88. The van der Waals surface area contributed by atoms with Crippen LogP contribution in [0.5, 0.6) is 5.88 Å². The summed E-state index contributed by atoms with van der Waals surface area (Å²) in [6, 6.07) is 8.40. The van der Waals surface area contributed by atoms with E-state index in [4.69, 9.17) is 14.6 Å². The molecule has 0 fully saturated rings. The maximum atomic E-state index is 14.7. The molecule has 0 aliphatic heterocycles. The summed E-state index contributed by atoms with van der Waals surface area (Å²) in [5, 5.41) is 6.89.